The van der Waals surface area contributed by atoms with Gasteiger partial charge in [-0.05, 0) is 64.6 Å². The quantitative estimate of drug-likeness (QED) is 0.579. The fraction of sp³-hybridized carbons (Fsp3) is 0.650. The number of esters is 1. The van der Waals surface area contributed by atoms with Crippen LogP contribution in [-0.4, -0.2) is 24.7 Å². The predicted molar refractivity (Wildman–Crippen MR) is 94.4 cm³/mol. The number of hydrogen-bond acceptors (Lipinski definition) is 3. The number of carbonyl (C=O) groups excluding carboxylic acids is 1. The van der Waals surface area contributed by atoms with Crippen LogP contribution >= 0.6 is 0 Å². The molecule has 1 aliphatic heterocycles. The number of rotatable bonds is 8. The molecule has 0 aromatic heterocycles. The lowest BCUT2D eigenvalue weighted by Gasteiger charge is -2.36. The van der Waals surface area contributed by atoms with Gasteiger partial charge in [-0.25, -0.2) is 0 Å². The highest BCUT2D eigenvalue weighted by molar-refractivity contribution is 5.69. The Hall–Kier alpha value is -1.35. The zero-order valence-corrected chi connectivity index (χ0v) is 14.6. The second kappa shape index (κ2) is 9.07. The van der Waals surface area contributed by atoms with Crippen LogP contribution in [0.1, 0.15) is 57.9 Å². The number of benzene rings is 1. The van der Waals surface area contributed by atoms with Crippen LogP contribution in [-0.2, 0) is 16.0 Å². The van der Waals surface area contributed by atoms with E-state index in [4.69, 9.17) is 4.74 Å². The minimum atomic E-state index is -0.330. The molecule has 3 nitrogen and oxygen atoms in total. The molecule has 0 aliphatic carbocycles. The molecule has 1 aromatic carbocycles. The molecular formula is C20H31NO2. The summed E-state index contributed by atoms with van der Waals surface area (Å²) in [7, 11) is 0. The van der Waals surface area contributed by atoms with E-state index in [1.54, 1.807) is 0 Å². The molecule has 0 unspecified atom stereocenters. The molecular weight excluding hydrogens is 286 g/mol. The second-order valence-electron chi connectivity index (χ2n) is 7.15. The Morgan fingerprint density at radius 2 is 1.83 bits per heavy atom. The van der Waals surface area contributed by atoms with Gasteiger partial charge in [0.05, 0.1) is 0 Å². The maximum absolute atomic E-state index is 12.1. The highest BCUT2D eigenvalue weighted by Crippen LogP contribution is 2.29. The Balaban J connectivity index is 1.60. The van der Waals surface area contributed by atoms with Crippen molar-refractivity contribution in [2.45, 2.75) is 64.4 Å². The number of carbonyl (C=O) groups is 1. The highest BCUT2D eigenvalue weighted by Gasteiger charge is 2.33. The third kappa shape index (κ3) is 6.34. The van der Waals surface area contributed by atoms with Gasteiger partial charge >= 0.3 is 5.97 Å². The normalized spacial score (nSPS) is 16.3. The molecule has 1 aliphatic rings. The van der Waals surface area contributed by atoms with Gasteiger partial charge in [0.1, 0.15) is 5.60 Å². The Morgan fingerprint density at radius 3 is 2.52 bits per heavy atom. The standard InChI is InChI=1S/C20H31NO2/c1-20(2,18-13-15-21-16-14-18)23-19(22)12-8-4-7-11-17-9-5-3-6-10-17/h3,5-6,9-10,18,21H,4,7-8,11-16H2,1-2H3. The van der Waals surface area contributed by atoms with Gasteiger partial charge in [-0.3, -0.25) is 4.79 Å². The molecule has 1 saturated heterocycles. The van der Waals surface area contributed by atoms with E-state index in [1.165, 1.54) is 5.56 Å². The first-order valence-electron chi connectivity index (χ1n) is 9.04. The Labute approximate surface area is 140 Å². The van der Waals surface area contributed by atoms with Gasteiger partial charge in [0.15, 0.2) is 0 Å². The van der Waals surface area contributed by atoms with Crippen LogP contribution in [0.4, 0.5) is 0 Å². The zero-order valence-electron chi connectivity index (χ0n) is 14.6. The Bertz CT molecular complexity index is 464. The predicted octanol–water partition coefficient (Wildman–Crippen LogP) is 4.11. The van der Waals surface area contributed by atoms with Crippen molar-refractivity contribution in [1.82, 2.24) is 5.32 Å². The van der Waals surface area contributed by atoms with Gasteiger partial charge in [-0.1, -0.05) is 36.8 Å². The Kier molecular flexibility index (Phi) is 7.10. The van der Waals surface area contributed by atoms with Crippen LogP contribution in [0.3, 0.4) is 0 Å². The van der Waals surface area contributed by atoms with Gasteiger partial charge < -0.3 is 10.1 Å². The molecule has 1 N–H and O–H groups in total. The van der Waals surface area contributed by atoms with E-state index in [2.05, 4.69) is 43.4 Å². The molecule has 0 amide bonds. The SMILES string of the molecule is CC(C)(OC(=O)CCCCCc1ccccc1)C1CCNCC1. The third-order valence-corrected chi connectivity index (χ3v) is 4.89. The topological polar surface area (TPSA) is 38.3 Å². The van der Waals surface area contributed by atoms with E-state index in [-0.39, 0.29) is 11.6 Å². The summed E-state index contributed by atoms with van der Waals surface area (Å²) in [5, 5.41) is 3.36. The maximum atomic E-state index is 12.1. The first-order chi connectivity index (χ1) is 11.1. The number of unbranched alkanes of at least 4 members (excludes halogenated alkanes) is 2. The van der Waals surface area contributed by atoms with Gasteiger partial charge in [-0.2, -0.15) is 0 Å². The summed E-state index contributed by atoms with van der Waals surface area (Å²) in [4.78, 5) is 12.1. The van der Waals surface area contributed by atoms with Crippen molar-refractivity contribution >= 4 is 5.97 Å². The summed E-state index contributed by atoms with van der Waals surface area (Å²) >= 11 is 0. The van der Waals surface area contributed by atoms with E-state index < -0.39 is 0 Å². The number of ether oxygens (including phenoxy) is 1. The lowest BCUT2D eigenvalue weighted by Crippen LogP contribution is -2.42. The van der Waals surface area contributed by atoms with Crippen molar-refractivity contribution in [1.29, 1.82) is 0 Å². The van der Waals surface area contributed by atoms with Gasteiger partial charge in [0.25, 0.3) is 0 Å². The molecule has 1 fully saturated rings. The van der Waals surface area contributed by atoms with Gasteiger partial charge in [0.2, 0.25) is 0 Å². The lowest BCUT2D eigenvalue weighted by molar-refractivity contribution is -0.162. The van der Waals surface area contributed by atoms with Gasteiger partial charge in [-0.15, -0.1) is 0 Å². The van der Waals surface area contributed by atoms with Crippen molar-refractivity contribution in [3.8, 4) is 0 Å². The summed E-state index contributed by atoms with van der Waals surface area (Å²) in [5.74, 6) is 0.444. The Morgan fingerprint density at radius 1 is 1.13 bits per heavy atom. The summed E-state index contributed by atoms with van der Waals surface area (Å²) in [6.07, 6.45) is 6.97. The second-order valence-corrected chi connectivity index (χ2v) is 7.15. The summed E-state index contributed by atoms with van der Waals surface area (Å²) in [6.45, 7) is 6.20. The molecule has 0 spiro atoms. The van der Waals surface area contributed by atoms with Crippen LogP contribution in [0.2, 0.25) is 0 Å². The van der Waals surface area contributed by atoms with Crippen LogP contribution in [0.25, 0.3) is 0 Å². The molecule has 23 heavy (non-hydrogen) atoms. The van der Waals surface area contributed by atoms with E-state index in [0.29, 0.717) is 12.3 Å². The summed E-state index contributed by atoms with van der Waals surface area (Å²) in [6, 6.07) is 10.5. The van der Waals surface area contributed by atoms with E-state index >= 15 is 0 Å². The maximum Gasteiger partial charge on any atom is 0.306 e. The van der Waals surface area contributed by atoms with Crippen LogP contribution in [0, 0.1) is 5.92 Å². The van der Waals surface area contributed by atoms with Crippen molar-refractivity contribution in [2.75, 3.05) is 13.1 Å². The molecule has 3 heteroatoms. The largest absolute Gasteiger partial charge is 0.459 e. The number of hydrogen-bond donors (Lipinski definition) is 1. The monoisotopic (exact) mass is 317 g/mol. The van der Waals surface area contributed by atoms with Gasteiger partial charge in [0, 0.05) is 12.3 Å². The fourth-order valence-corrected chi connectivity index (χ4v) is 3.36. The first-order valence-corrected chi connectivity index (χ1v) is 9.04. The molecule has 128 valence electrons. The number of nitrogens with one attached hydrogen (secondary N) is 1. The molecule has 0 bridgehead atoms. The van der Waals surface area contributed by atoms with Crippen molar-refractivity contribution in [3.63, 3.8) is 0 Å². The van der Waals surface area contributed by atoms with Crippen molar-refractivity contribution in [2.24, 2.45) is 5.92 Å². The minimum absolute atomic E-state index is 0.0340. The molecule has 0 atom stereocenters. The van der Waals surface area contributed by atoms with Crippen LogP contribution < -0.4 is 5.32 Å². The lowest BCUT2D eigenvalue weighted by atomic mass is 9.83. The highest BCUT2D eigenvalue weighted by atomic mass is 16.6. The van der Waals surface area contributed by atoms with E-state index in [1.807, 2.05) is 6.07 Å². The van der Waals surface area contributed by atoms with Crippen LogP contribution in [0.15, 0.2) is 30.3 Å². The fourth-order valence-electron chi connectivity index (χ4n) is 3.36. The first kappa shape index (κ1) is 18.0. The molecule has 0 saturated carbocycles. The summed E-state index contributed by atoms with van der Waals surface area (Å²) < 4.78 is 5.78. The van der Waals surface area contributed by atoms with Crippen molar-refractivity contribution in [3.05, 3.63) is 35.9 Å². The van der Waals surface area contributed by atoms with E-state index in [0.717, 1.165) is 51.6 Å². The smallest absolute Gasteiger partial charge is 0.306 e. The van der Waals surface area contributed by atoms with E-state index in [9.17, 15) is 4.79 Å². The summed E-state index contributed by atoms with van der Waals surface area (Å²) in [5.41, 5.74) is 1.05. The third-order valence-electron chi connectivity index (χ3n) is 4.89. The minimum Gasteiger partial charge on any atom is -0.459 e. The number of aryl methyl sites for hydroxylation is 1. The molecule has 1 heterocycles. The van der Waals surface area contributed by atoms with Crippen LogP contribution in [0.5, 0.6) is 0 Å². The molecule has 2 rings (SSSR count). The van der Waals surface area contributed by atoms with Crippen molar-refractivity contribution < 1.29 is 9.53 Å². The average Bonchev–Trinajstić information content (AvgIpc) is 2.56. The average molecular weight is 317 g/mol. The zero-order chi connectivity index (χ0) is 16.5. The molecule has 1 aromatic rings. The molecule has 0 radical (unpaired) electrons. The number of piperidine rings is 1.